The first-order valence-corrected chi connectivity index (χ1v) is 7.47. The Labute approximate surface area is 112 Å². The fraction of sp³-hybridized carbons (Fsp3) is 1.00. The largest absolute Gasteiger partial charge is 0.381 e. The summed E-state index contributed by atoms with van der Waals surface area (Å²) < 4.78 is 5.50. The minimum absolute atomic E-state index is 0.246. The van der Waals surface area contributed by atoms with E-state index in [0.29, 0.717) is 5.54 Å². The number of likely N-dealkylation sites (tertiary alicyclic amines) is 1. The lowest BCUT2D eigenvalue weighted by molar-refractivity contribution is -0.0104. The molecule has 2 rings (SSSR count). The number of nitrogens with one attached hydrogen (secondary N) is 1. The van der Waals surface area contributed by atoms with Gasteiger partial charge < -0.3 is 10.1 Å². The fourth-order valence-electron chi connectivity index (χ4n) is 3.07. The van der Waals surface area contributed by atoms with Crippen molar-refractivity contribution in [1.29, 1.82) is 0 Å². The molecular formula is C15H30N2O. The van der Waals surface area contributed by atoms with Crippen LogP contribution in [-0.2, 0) is 4.74 Å². The maximum absolute atomic E-state index is 5.50. The Kier molecular flexibility index (Phi) is 4.35. The highest BCUT2D eigenvalue weighted by Crippen LogP contribution is 2.32. The Balaban J connectivity index is 1.80. The Morgan fingerprint density at radius 1 is 1.28 bits per heavy atom. The number of ether oxygens (including phenoxy) is 1. The maximum atomic E-state index is 5.50. The van der Waals surface area contributed by atoms with Crippen molar-refractivity contribution >= 4 is 0 Å². The van der Waals surface area contributed by atoms with E-state index >= 15 is 0 Å². The van der Waals surface area contributed by atoms with E-state index in [-0.39, 0.29) is 5.54 Å². The van der Waals surface area contributed by atoms with Crippen LogP contribution in [0.5, 0.6) is 0 Å². The van der Waals surface area contributed by atoms with Gasteiger partial charge in [-0.25, -0.2) is 0 Å². The molecule has 106 valence electrons. The predicted octanol–water partition coefficient (Wildman–Crippen LogP) is 2.27. The predicted molar refractivity (Wildman–Crippen MR) is 75.9 cm³/mol. The zero-order chi connectivity index (χ0) is 13.2. The third-order valence-corrected chi connectivity index (χ3v) is 4.54. The molecule has 0 spiro atoms. The summed E-state index contributed by atoms with van der Waals surface area (Å²) >= 11 is 0. The third-order valence-electron chi connectivity index (χ3n) is 4.54. The van der Waals surface area contributed by atoms with Crippen LogP contribution < -0.4 is 5.32 Å². The zero-order valence-corrected chi connectivity index (χ0v) is 12.6. The van der Waals surface area contributed by atoms with Crippen molar-refractivity contribution in [3.8, 4) is 0 Å². The third kappa shape index (κ3) is 3.69. The molecule has 0 aromatic heterocycles. The molecule has 2 fully saturated rings. The Hall–Kier alpha value is -0.120. The van der Waals surface area contributed by atoms with E-state index in [1.807, 2.05) is 0 Å². The molecule has 0 aliphatic carbocycles. The summed E-state index contributed by atoms with van der Waals surface area (Å²) in [6.45, 7) is 14.8. The van der Waals surface area contributed by atoms with Gasteiger partial charge in [0.15, 0.2) is 0 Å². The number of hydrogen-bond acceptors (Lipinski definition) is 3. The monoisotopic (exact) mass is 254 g/mol. The normalized spacial score (nSPS) is 29.7. The summed E-state index contributed by atoms with van der Waals surface area (Å²) in [6, 6.07) is 0. The molecule has 0 amide bonds. The summed E-state index contributed by atoms with van der Waals surface area (Å²) in [4.78, 5) is 2.71. The SMILES string of the molecule is CC(C)(C)NCC1CCN(C2(C)CCOCC2)C1. The molecule has 1 N–H and O–H groups in total. The van der Waals surface area contributed by atoms with Crippen LogP contribution in [0, 0.1) is 5.92 Å². The molecule has 3 heteroatoms. The molecule has 0 aromatic rings. The van der Waals surface area contributed by atoms with Gasteiger partial charge in [-0.3, -0.25) is 4.90 Å². The van der Waals surface area contributed by atoms with E-state index in [0.717, 1.165) is 25.7 Å². The van der Waals surface area contributed by atoms with Crippen molar-refractivity contribution < 1.29 is 4.74 Å². The number of nitrogens with zero attached hydrogens (tertiary/aromatic N) is 1. The highest BCUT2D eigenvalue weighted by molar-refractivity contribution is 4.93. The maximum Gasteiger partial charge on any atom is 0.0483 e. The van der Waals surface area contributed by atoms with Crippen molar-refractivity contribution in [2.75, 3.05) is 32.8 Å². The second-order valence-corrected chi connectivity index (χ2v) is 7.34. The molecule has 0 bridgehead atoms. The van der Waals surface area contributed by atoms with Crippen LogP contribution in [0.2, 0.25) is 0 Å². The van der Waals surface area contributed by atoms with Crippen molar-refractivity contribution in [1.82, 2.24) is 10.2 Å². The Morgan fingerprint density at radius 3 is 2.56 bits per heavy atom. The Bertz CT molecular complexity index is 266. The van der Waals surface area contributed by atoms with E-state index in [4.69, 9.17) is 4.74 Å². The van der Waals surface area contributed by atoms with E-state index in [1.54, 1.807) is 0 Å². The van der Waals surface area contributed by atoms with Crippen molar-refractivity contribution in [2.45, 2.75) is 58.0 Å². The van der Waals surface area contributed by atoms with Gasteiger partial charge in [0.1, 0.15) is 0 Å². The summed E-state index contributed by atoms with van der Waals surface area (Å²) in [5.74, 6) is 0.823. The molecule has 0 saturated carbocycles. The average Bonchev–Trinajstić information content (AvgIpc) is 2.76. The fourth-order valence-corrected chi connectivity index (χ4v) is 3.07. The van der Waals surface area contributed by atoms with Crippen molar-refractivity contribution in [3.63, 3.8) is 0 Å². The van der Waals surface area contributed by atoms with Gasteiger partial charge in [-0.2, -0.15) is 0 Å². The molecule has 1 atom stereocenters. The molecule has 2 aliphatic heterocycles. The lowest BCUT2D eigenvalue weighted by Gasteiger charge is -2.42. The standard InChI is InChI=1S/C15H30N2O/c1-14(2,3)16-11-13-5-8-17(12-13)15(4)6-9-18-10-7-15/h13,16H,5-12H2,1-4H3. The summed E-state index contributed by atoms with van der Waals surface area (Å²) in [7, 11) is 0. The van der Waals surface area contributed by atoms with Gasteiger partial charge in [0.05, 0.1) is 0 Å². The first-order chi connectivity index (χ1) is 8.39. The minimum Gasteiger partial charge on any atom is -0.381 e. The van der Waals surface area contributed by atoms with E-state index in [2.05, 4.69) is 37.9 Å². The molecule has 2 aliphatic rings. The summed E-state index contributed by atoms with van der Waals surface area (Å²) in [6.07, 6.45) is 3.75. The number of rotatable bonds is 3. The molecule has 3 nitrogen and oxygen atoms in total. The van der Waals surface area contributed by atoms with Crippen LogP contribution in [0.4, 0.5) is 0 Å². The van der Waals surface area contributed by atoms with Crippen LogP contribution in [0.3, 0.4) is 0 Å². The summed E-state index contributed by atoms with van der Waals surface area (Å²) in [5, 5.41) is 3.65. The van der Waals surface area contributed by atoms with Crippen LogP contribution in [0.1, 0.15) is 47.0 Å². The van der Waals surface area contributed by atoms with Crippen LogP contribution in [-0.4, -0.2) is 48.8 Å². The minimum atomic E-state index is 0.246. The van der Waals surface area contributed by atoms with Crippen LogP contribution in [0.15, 0.2) is 0 Å². The van der Waals surface area contributed by atoms with Gasteiger partial charge in [-0.15, -0.1) is 0 Å². The average molecular weight is 254 g/mol. The van der Waals surface area contributed by atoms with Crippen LogP contribution in [0.25, 0.3) is 0 Å². The van der Waals surface area contributed by atoms with Gasteiger partial charge in [-0.1, -0.05) is 0 Å². The highest BCUT2D eigenvalue weighted by atomic mass is 16.5. The topological polar surface area (TPSA) is 24.5 Å². The molecule has 2 saturated heterocycles. The van der Waals surface area contributed by atoms with E-state index in [1.165, 1.54) is 32.4 Å². The van der Waals surface area contributed by atoms with Gasteiger partial charge in [0, 0.05) is 30.8 Å². The number of hydrogen-bond donors (Lipinski definition) is 1. The van der Waals surface area contributed by atoms with Crippen molar-refractivity contribution in [2.24, 2.45) is 5.92 Å². The lowest BCUT2D eigenvalue weighted by Crippen LogP contribution is -2.49. The smallest absolute Gasteiger partial charge is 0.0483 e. The summed E-state index contributed by atoms with van der Waals surface area (Å²) in [5.41, 5.74) is 0.644. The zero-order valence-electron chi connectivity index (χ0n) is 12.6. The van der Waals surface area contributed by atoms with Crippen molar-refractivity contribution in [3.05, 3.63) is 0 Å². The lowest BCUT2D eigenvalue weighted by atomic mass is 9.90. The van der Waals surface area contributed by atoms with E-state index < -0.39 is 0 Å². The quantitative estimate of drug-likeness (QED) is 0.836. The first kappa shape index (κ1) is 14.3. The van der Waals surface area contributed by atoms with Gasteiger partial charge in [0.2, 0.25) is 0 Å². The first-order valence-electron chi connectivity index (χ1n) is 7.47. The molecule has 18 heavy (non-hydrogen) atoms. The van der Waals surface area contributed by atoms with Gasteiger partial charge >= 0.3 is 0 Å². The second-order valence-electron chi connectivity index (χ2n) is 7.34. The second kappa shape index (κ2) is 5.48. The van der Waals surface area contributed by atoms with Gasteiger partial charge in [-0.05, 0) is 66.0 Å². The molecule has 0 radical (unpaired) electrons. The van der Waals surface area contributed by atoms with E-state index in [9.17, 15) is 0 Å². The molecule has 2 heterocycles. The molecular weight excluding hydrogens is 224 g/mol. The Morgan fingerprint density at radius 2 is 1.94 bits per heavy atom. The molecule has 0 aromatic carbocycles. The van der Waals surface area contributed by atoms with Crippen LogP contribution >= 0.6 is 0 Å². The van der Waals surface area contributed by atoms with Gasteiger partial charge in [0.25, 0.3) is 0 Å². The molecule has 1 unspecified atom stereocenters. The highest BCUT2D eigenvalue weighted by Gasteiger charge is 2.38.